The molecule has 0 spiro atoms. The van der Waals surface area contributed by atoms with E-state index in [-0.39, 0.29) is 29.8 Å². The lowest BCUT2D eigenvalue weighted by atomic mass is 9.61. The highest BCUT2D eigenvalue weighted by Gasteiger charge is 2.67. The first kappa shape index (κ1) is 42.3. The van der Waals surface area contributed by atoms with Gasteiger partial charge in [0, 0.05) is 25.0 Å². The Bertz CT molecular complexity index is 2300. The predicted molar refractivity (Wildman–Crippen MR) is 229 cm³/mol. The Hall–Kier alpha value is -5.84. The van der Waals surface area contributed by atoms with Gasteiger partial charge in [0.05, 0.1) is 42.6 Å². The lowest BCUT2D eigenvalue weighted by molar-refractivity contribution is -0.384. The molecule has 7 rings (SSSR count). The maximum Gasteiger partial charge on any atom is 0.412 e. The summed E-state index contributed by atoms with van der Waals surface area (Å²) < 4.78 is 22.8. The first-order valence-electron chi connectivity index (χ1n) is 19.9. The van der Waals surface area contributed by atoms with Gasteiger partial charge < -0.3 is 13.9 Å². The molecule has 0 bridgehead atoms. The van der Waals surface area contributed by atoms with Crippen molar-refractivity contribution in [1.82, 2.24) is 19.5 Å². The highest BCUT2D eigenvalue weighted by molar-refractivity contribution is 6.74. The van der Waals surface area contributed by atoms with Crippen LogP contribution in [0, 0.1) is 10.1 Å². The highest BCUT2D eigenvalue weighted by Crippen LogP contribution is 2.59. The quantitative estimate of drug-likeness (QED) is 0.0346. The number of amides is 1. The van der Waals surface area contributed by atoms with E-state index in [1.807, 2.05) is 59.2 Å². The zero-order valence-electron chi connectivity index (χ0n) is 34.6. The molecule has 0 unspecified atom stereocenters. The summed E-state index contributed by atoms with van der Waals surface area (Å²) in [6.07, 6.45) is 1.96. The lowest BCUT2D eigenvalue weighted by Gasteiger charge is -2.54. The summed E-state index contributed by atoms with van der Waals surface area (Å²) in [6, 6.07) is 36.9. The Morgan fingerprint density at radius 2 is 1.48 bits per heavy atom. The fraction of sp³-hybridized carbons (Fsp3) is 0.333. The number of hydrogen-bond acceptors (Lipinski definition) is 11. The van der Waals surface area contributed by atoms with Crippen molar-refractivity contribution < 1.29 is 33.4 Å². The molecule has 1 saturated heterocycles. The molecule has 312 valence electrons. The van der Waals surface area contributed by atoms with Crippen molar-refractivity contribution in [1.29, 1.82) is 0 Å². The normalized spacial score (nSPS) is 18.4. The maximum atomic E-state index is 13.3. The fourth-order valence-electron chi connectivity index (χ4n) is 7.94. The van der Waals surface area contributed by atoms with Gasteiger partial charge in [0.15, 0.2) is 31.0 Å². The van der Waals surface area contributed by atoms with Gasteiger partial charge in [-0.2, -0.15) is 0 Å². The number of rotatable bonds is 15. The molecule has 1 aliphatic rings. The Labute approximate surface area is 350 Å². The van der Waals surface area contributed by atoms with E-state index in [4.69, 9.17) is 33.6 Å². The van der Waals surface area contributed by atoms with Crippen molar-refractivity contribution in [3.8, 4) is 0 Å². The first-order valence-corrected chi connectivity index (χ1v) is 22.8. The van der Waals surface area contributed by atoms with Crippen LogP contribution in [0.15, 0.2) is 128 Å². The second-order valence-corrected chi connectivity index (χ2v) is 21.0. The number of nitro benzene ring substituents is 1. The van der Waals surface area contributed by atoms with E-state index >= 15 is 0 Å². The van der Waals surface area contributed by atoms with Gasteiger partial charge in [0.1, 0.15) is 12.9 Å². The minimum atomic E-state index is -2.58. The smallest absolute Gasteiger partial charge is 0.412 e. The van der Waals surface area contributed by atoms with Crippen LogP contribution in [0.5, 0.6) is 0 Å². The third-order valence-corrected chi connectivity index (χ3v) is 16.2. The van der Waals surface area contributed by atoms with Crippen LogP contribution < -0.4 is 5.32 Å². The fourth-order valence-corrected chi connectivity index (χ4v) is 9.26. The van der Waals surface area contributed by atoms with Crippen LogP contribution in [-0.4, -0.2) is 71.4 Å². The minimum absolute atomic E-state index is 0.0142. The van der Waals surface area contributed by atoms with E-state index < -0.39 is 42.7 Å². The van der Waals surface area contributed by atoms with Crippen molar-refractivity contribution in [2.24, 2.45) is 0 Å². The highest BCUT2D eigenvalue weighted by atomic mass is 28.4. The van der Waals surface area contributed by atoms with Gasteiger partial charge in [-0.1, -0.05) is 124 Å². The number of carbonyl (C=O) groups is 1. The summed E-state index contributed by atoms with van der Waals surface area (Å²) in [5.74, 6) is 0.137. The Morgan fingerprint density at radius 1 is 0.900 bits per heavy atom. The Balaban J connectivity index is 1.42. The summed E-state index contributed by atoms with van der Waals surface area (Å²) in [6.45, 7) is 11.2. The van der Waals surface area contributed by atoms with Gasteiger partial charge >= 0.3 is 6.09 Å². The maximum absolute atomic E-state index is 13.3. The number of nitrogens with one attached hydrogen (secondary N) is 1. The molecule has 1 aliphatic heterocycles. The number of carbonyl (C=O) groups excluding carboxylic acids is 1. The first-order chi connectivity index (χ1) is 28.8. The number of nitro groups is 1. The number of benzene rings is 4. The van der Waals surface area contributed by atoms with Gasteiger partial charge in [-0.15, -0.1) is 0 Å². The number of nitrogens with zero attached hydrogens (tertiary/aromatic N) is 5. The topological polar surface area (TPSA) is 162 Å². The van der Waals surface area contributed by atoms with Crippen LogP contribution in [0.3, 0.4) is 0 Å². The molecule has 0 saturated carbocycles. The number of fused-ring (bicyclic) bond motifs is 1. The van der Waals surface area contributed by atoms with Crippen LogP contribution in [0.25, 0.3) is 11.2 Å². The van der Waals surface area contributed by atoms with E-state index in [0.717, 1.165) is 22.3 Å². The third kappa shape index (κ3) is 7.93. The van der Waals surface area contributed by atoms with Crippen molar-refractivity contribution >= 4 is 37.1 Å². The van der Waals surface area contributed by atoms with E-state index in [9.17, 15) is 14.9 Å². The van der Waals surface area contributed by atoms with Crippen molar-refractivity contribution in [2.75, 3.05) is 25.6 Å². The van der Waals surface area contributed by atoms with Gasteiger partial charge in [-0.05, 0) is 40.4 Å². The molecule has 1 N–H and O–H groups in total. The molecule has 60 heavy (non-hydrogen) atoms. The average molecular weight is 831 g/mol. The summed E-state index contributed by atoms with van der Waals surface area (Å²) in [5, 5.41) is 13.7. The second-order valence-electron chi connectivity index (χ2n) is 16.3. The molecule has 14 nitrogen and oxygen atoms in total. The SMILES string of the molecule is COOC[C@@H]1C[C@@H](O[Si](C)(C)C(C)(C)C)[C@@](n2cnc3c(NC(=O)OCCc4ccc([N+](=O)[O-])cc4)ncnc32)(C(c2ccccc2)(c2ccccc2)c2ccccc2)O1. The third-order valence-electron chi connectivity index (χ3n) is 11.7. The van der Waals surface area contributed by atoms with Gasteiger partial charge in [-0.3, -0.25) is 20.0 Å². The zero-order chi connectivity index (χ0) is 42.5. The number of anilines is 1. The molecular formula is C45H50N6O8Si. The molecule has 3 atom stereocenters. The van der Waals surface area contributed by atoms with Crippen LogP contribution in [-0.2, 0) is 41.2 Å². The van der Waals surface area contributed by atoms with Gasteiger partial charge in [-0.25, -0.2) is 29.5 Å². The number of non-ortho nitro benzene ring substituents is 1. The number of hydrogen-bond donors (Lipinski definition) is 1. The average Bonchev–Trinajstić information content (AvgIpc) is 3.84. The van der Waals surface area contributed by atoms with Crippen LogP contribution in [0.2, 0.25) is 18.1 Å². The van der Waals surface area contributed by atoms with E-state index in [1.54, 1.807) is 18.5 Å². The van der Waals surface area contributed by atoms with Crippen molar-refractivity contribution in [2.45, 2.75) is 75.1 Å². The molecule has 3 heterocycles. The summed E-state index contributed by atoms with van der Waals surface area (Å²) >= 11 is 0. The molecule has 15 heteroatoms. The molecule has 4 aromatic carbocycles. The molecule has 0 aliphatic carbocycles. The standard InChI is InChI=1S/C45H50N6O8Si/c1-43(2,3)60(5,6)59-38-28-37(29-57-55-4)58-45(38,44(33-16-10-7-11-17-33,34-18-12-8-13-19-34)35-20-14-9-15-21-35)50-31-48-39-40(46-30-47-41(39)50)49-42(52)56-27-26-32-22-24-36(25-23-32)51(53)54/h7-25,30-31,37-38H,26-29H2,1-6H3,(H,46,47,49,52)/t37-,38+,45-/m0/s1. The molecule has 6 aromatic rings. The van der Waals surface area contributed by atoms with E-state index in [1.165, 1.54) is 25.6 Å². The molecule has 0 radical (unpaired) electrons. The van der Waals surface area contributed by atoms with Crippen LogP contribution in [0.4, 0.5) is 16.3 Å². The largest absolute Gasteiger partial charge is 0.449 e. The summed E-state index contributed by atoms with van der Waals surface area (Å²) in [4.78, 5) is 48.9. The number of ether oxygens (including phenoxy) is 2. The van der Waals surface area contributed by atoms with Crippen molar-refractivity contribution in [3.63, 3.8) is 0 Å². The Kier molecular flexibility index (Phi) is 12.3. The monoisotopic (exact) mass is 830 g/mol. The predicted octanol–water partition coefficient (Wildman–Crippen LogP) is 8.97. The summed E-state index contributed by atoms with van der Waals surface area (Å²) in [5.41, 5.74) is 1.67. The van der Waals surface area contributed by atoms with Crippen LogP contribution >= 0.6 is 0 Å². The van der Waals surface area contributed by atoms with E-state index in [2.05, 4.69) is 80.6 Å². The van der Waals surface area contributed by atoms with E-state index in [0.29, 0.717) is 24.0 Å². The van der Waals surface area contributed by atoms with Crippen LogP contribution in [0.1, 0.15) is 49.4 Å². The zero-order valence-corrected chi connectivity index (χ0v) is 35.6. The number of imidazole rings is 1. The van der Waals surface area contributed by atoms with Gasteiger partial charge in [0.25, 0.3) is 5.69 Å². The van der Waals surface area contributed by atoms with Crippen molar-refractivity contribution in [3.05, 3.63) is 160 Å². The second kappa shape index (κ2) is 17.4. The number of aromatic nitrogens is 4. The molecule has 1 fully saturated rings. The molecular weight excluding hydrogens is 781 g/mol. The van der Waals surface area contributed by atoms with Gasteiger partial charge in [0.2, 0.25) is 0 Å². The Morgan fingerprint density at radius 3 is 2.02 bits per heavy atom. The molecule has 2 aromatic heterocycles. The minimum Gasteiger partial charge on any atom is -0.449 e. The lowest BCUT2D eigenvalue weighted by Crippen LogP contribution is -2.63. The summed E-state index contributed by atoms with van der Waals surface area (Å²) in [7, 11) is -1.11. The molecule has 1 amide bonds.